The fraction of sp³-hybridized carbons (Fsp3) is 0.368. The molecular formula is C19H21NO3S. The Hall–Kier alpha value is -2.01. The van der Waals surface area contributed by atoms with Crippen LogP contribution in [0.2, 0.25) is 0 Å². The first-order valence-corrected chi connectivity index (χ1v) is 9.15. The van der Waals surface area contributed by atoms with Gasteiger partial charge in [-0.15, -0.1) is 11.8 Å². The van der Waals surface area contributed by atoms with Gasteiger partial charge in [0, 0.05) is 18.3 Å². The number of carbonyl (C=O) groups excluding carboxylic acids is 2. The minimum Gasteiger partial charge on any atom is -0.468 e. The van der Waals surface area contributed by atoms with Gasteiger partial charge >= 0.3 is 5.97 Å². The molecule has 0 unspecified atom stereocenters. The van der Waals surface area contributed by atoms with Crippen LogP contribution in [0, 0.1) is 0 Å². The van der Waals surface area contributed by atoms with Crippen molar-refractivity contribution in [2.45, 2.75) is 18.1 Å². The average molecular weight is 343 g/mol. The Morgan fingerprint density at radius 3 is 2.83 bits per heavy atom. The molecule has 0 saturated carbocycles. The van der Waals surface area contributed by atoms with Crippen molar-refractivity contribution in [2.24, 2.45) is 0 Å². The van der Waals surface area contributed by atoms with Gasteiger partial charge in [-0.2, -0.15) is 0 Å². The number of fused-ring (bicyclic) bond motifs is 1. The summed E-state index contributed by atoms with van der Waals surface area (Å²) < 4.78 is 4.66. The van der Waals surface area contributed by atoms with Crippen molar-refractivity contribution >= 4 is 34.4 Å². The van der Waals surface area contributed by atoms with E-state index in [-0.39, 0.29) is 11.9 Å². The van der Waals surface area contributed by atoms with E-state index in [4.69, 9.17) is 0 Å². The number of hydrogen-bond acceptors (Lipinski definition) is 4. The third kappa shape index (κ3) is 3.90. The zero-order valence-corrected chi connectivity index (χ0v) is 14.6. The number of ether oxygens (including phenoxy) is 1. The number of benzene rings is 2. The highest BCUT2D eigenvalue weighted by Gasteiger charge is 2.27. The molecule has 2 aromatic rings. The van der Waals surface area contributed by atoms with Crippen LogP contribution in [0.5, 0.6) is 0 Å². The number of esters is 1. The maximum absolute atomic E-state index is 12.6. The molecule has 1 saturated heterocycles. The van der Waals surface area contributed by atoms with Gasteiger partial charge in [-0.1, -0.05) is 42.5 Å². The molecule has 0 aliphatic carbocycles. The van der Waals surface area contributed by atoms with E-state index in [1.807, 2.05) is 29.2 Å². The van der Waals surface area contributed by atoms with Crippen LogP contribution in [0.1, 0.15) is 12.0 Å². The number of hydrogen-bond donors (Lipinski definition) is 0. The van der Waals surface area contributed by atoms with Crippen LogP contribution in [0.15, 0.2) is 42.5 Å². The van der Waals surface area contributed by atoms with Gasteiger partial charge in [-0.3, -0.25) is 9.59 Å². The topological polar surface area (TPSA) is 46.6 Å². The van der Waals surface area contributed by atoms with E-state index in [0.29, 0.717) is 24.0 Å². The third-order valence-corrected chi connectivity index (χ3v) is 5.64. The minimum absolute atomic E-state index is 0.160. The Kier molecular flexibility index (Phi) is 5.41. The molecule has 4 nitrogen and oxygen atoms in total. The molecule has 24 heavy (non-hydrogen) atoms. The number of likely N-dealkylation sites (tertiary alicyclic amines) is 1. The second kappa shape index (κ2) is 7.71. The molecule has 1 atom stereocenters. The van der Waals surface area contributed by atoms with Gasteiger partial charge in [0.15, 0.2) is 0 Å². The molecule has 0 N–H and O–H groups in total. The summed E-state index contributed by atoms with van der Waals surface area (Å²) in [6.07, 6.45) is 1.36. The van der Waals surface area contributed by atoms with E-state index in [9.17, 15) is 9.59 Å². The predicted octanol–water partition coefficient (Wildman–Crippen LogP) is 2.89. The molecule has 1 aliphatic rings. The second-order valence-corrected chi connectivity index (χ2v) is 7.24. The fourth-order valence-corrected chi connectivity index (χ4v) is 4.10. The SMILES string of the molecule is COC(=O)CS[C@H]1CCN(C(=O)Cc2cccc3ccccc23)C1. The smallest absolute Gasteiger partial charge is 0.315 e. The van der Waals surface area contributed by atoms with Crippen molar-refractivity contribution < 1.29 is 14.3 Å². The molecule has 0 radical (unpaired) electrons. The van der Waals surface area contributed by atoms with E-state index in [2.05, 4.69) is 22.9 Å². The van der Waals surface area contributed by atoms with E-state index < -0.39 is 0 Å². The first kappa shape index (κ1) is 16.8. The lowest BCUT2D eigenvalue weighted by Crippen LogP contribution is -2.30. The van der Waals surface area contributed by atoms with E-state index in [0.717, 1.165) is 29.3 Å². The average Bonchev–Trinajstić information content (AvgIpc) is 3.09. The first-order chi connectivity index (χ1) is 11.7. The minimum atomic E-state index is -0.208. The summed E-state index contributed by atoms with van der Waals surface area (Å²) in [6, 6.07) is 14.3. The normalized spacial score (nSPS) is 17.2. The molecule has 126 valence electrons. The highest BCUT2D eigenvalue weighted by atomic mass is 32.2. The van der Waals surface area contributed by atoms with Crippen molar-refractivity contribution in [1.29, 1.82) is 0 Å². The van der Waals surface area contributed by atoms with Gasteiger partial charge in [0.1, 0.15) is 0 Å². The standard InChI is InChI=1S/C19H21NO3S/c1-23-19(22)13-24-16-9-10-20(12-16)18(21)11-15-7-4-6-14-5-2-3-8-17(14)15/h2-8,16H,9-13H2,1H3/t16-/m0/s1. The maximum atomic E-state index is 12.6. The zero-order chi connectivity index (χ0) is 16.9. The van der Waals surface area contributed by atoms with Gasteiger partial charge in [0.2, 0.25) is 5.91 Å². The van der Waals surface area contributed by atoms with E-state index in [1.165, 1.54) is 7.11 Å². The quantitative estimate of drug-likeness (QED) is 0.783. The number of carbonyl (C=O) groups is 2. The molecule has 1 fully saturated rings. The monoisotopic (exact) mass is 343 g/mol. The fourth-order valence-electron chi connectivity index (χ4n) is 3.06. The van der Waals surface area contributed by atoms with Crippen LogP contribution in [0.25, 0.3) is 10.8 Å². The van der Waals surface area contributed by atoms with Crippen LogP contribution in [0.4, 0.5) is 0 Å². The Labute approximate surface area is 146 Å². The Bertz CT molecular complexity index is 741. The maximum Gasteiger partial charge on any atom is 0.315 e. The van der Waals surface area contributed by atoms with Crippen molar-refractivity contribution in [1.82, 2.24) is 4.90 Å². The van der Waals surface area contributed by atoms with Gasteiger partial charge in [-0.05, 0) is 22.8 Å². The van der Waals surface area contributed by atoms with Crippen molar-refractivity contribution in [3.63, 3.8) is 0 Å². The lowest BCUT2D eigenvalue weighted by molar-refractivity contribution is -0.137. The second-order valence-electron chi connectivity index (χ2n) is 5.95. The summed E-state index contributed by atoms with van der Waals surface area (Å²) in [4.78, 5) is 25.8. The molecule has 2 aromatic carbocycles. The lowest BCUT2D eigenvalue weighted by Gasteiger charge is -2.17. The van der Waals surface area contributed by atoms with E-state index in [1.54, 1.807) is 11.8 Å². The number of nitrogens with zero attached hydrogens (tertiary/aromatic N) is 1. The van der Waals surface area contributed by atoms with Gasteiger partial charge < -0.3 is 9.64 Å². The molecule has 0 aromatic heterocycles. The summed E-state index contributed by atoms with van der Waals surface area (Å²) in [5.74, 6) is 0.306. The highest BCUT2D eigenvalue weighted by Crippen LogP contribution is 2.24. The Morgan fingerprint density at radius 1 is 1.21 bits per heavy atom. The van der Waals surface area contributed by atoms with Gasteiger partial charge in [0.25, 0.3) is 0 Å². The molecule has 1 aliphatic heterocycles. The molecule has 0 bridgehead atoms. The third-order valence-electron chi connectivity index (χ3n) is 4.38. The summed E-state index contributed by atoms with van der Waals surface area (Å²) in [6.45, 7) is 1.48. The van der Waals surface area contributed by atoms with Crippen LogP contribution in [-0.2, 0) is 20.7 Å². The van der Waals surface area contributed by atoms with Crippen LogP contribution in [-0.4, -0.2) is 48.0 Å². The molecule has 3 rings (SSSR count). The van der Waals surface area contributed by atoms with Crippen molar-refractivity contribution in [3.8, 4) is 0 Å². The summed E-state index contributed by atoms with van der Waals surface area (Å²) in [7, 11) is 1.40. The number of methoxy groups -OCH3 is 1. The van der Waals surface area contributed by atoms with E-state index >= 15 is 0 Å². The predicted molar refractivity (Wildman–Crippen MR) is 97.1 cm³/mol. The largest absolute Gasteiger partial charge is 0.468 e. The zero-order valence-electron chi connectivity index (χ0n) is 13.7. The first-order valence-electron chi connectivity index (χ1n) is 8.10. The number of amides is 1. The molecule has 1 amide bonds. The summed E-state index contributed by atoms with van der Waals surface area (Å²) in [5, 5.41) is 2.63. The lowest BCUT2D eigenvalue weighted by atomic mass is 10.0. The summed E-state index contributed by atoms with van der Waals surface area (Å²) in [5.41, 5.74) is 1.07. The molecular weight excluding hydrogens is 322 g/mol. The van der Waals surface area contributed by atoms with Gasteiger partial charge in [-0.25, -0.2) is 0 Å². The highest BCUT2D eigenvalue weighted by molar-refractivity contribution is 8.00. The van der Waals surface area contributed by atoms with Crippen LogP contribution >= 0.6 is 11.8 Å². The molecule has 0 spiro atoms. The number of thioether (sulfide) groups is 1. The molecule has 1 heterocycles. The van der Waals surface area contributed by atoms with Crippen LogP contribution < -0.4 is 0 Å². The Balaban J connectivity index is 1.60. The number of rotatable bonds is 5. The summed E-state index contributed by atoms with van der Waals surface area (Å²) >= 11 is 1.58. The molecule has 5 heteroatoms. The van der Waals surface area contributed by atoms with Crippen molar-refractivity contribution in [2.75, 3.05) is 26.0 Å². The van der Waals surface area contributed by atoms with Crippen molar-refractivity contribution in [3.05, 3.63) is 48.0 Å². The van der Waals surface area contributed by atoms with Crippen LogP contribution in [0.3, 0.4) is 0 Å². The Morgan fingerprint density at radius 2 is 2.00 bits per heavy atom. The van der Waals surface area contributed by atoms with Gasteiger partial charge in [0.05, 0.1) is 19.3 Å².